The van der Waals surface area contributed by atoms with Crippen molar-refractivity contribution in [2.24, 2.45) is 5.92 Å². The second-order valence-electron chi connectivity index (χ2n) is 7.79. The molecule has 5 heterocycles. The zero-order valence-electron chi connectivity index (χ0n) is 16.9. The van der Waals surface area contributed by atoms with Gasteiger partial charge in [-0.2, -0.15) is 4.98 Å². The van der Waals surface area contributed by atoms with Gasteiger partial charge in [-0.05, 0) is 42.2 Å². The van der Waals surface area contributed by atoms with E-state index in [1.165, 1.54) is 11.3 Å². The minimum atomic E-state index is 0.272. The lowest BCUT2D eigenvalue weighted by molar-refractivity contribution is 0.217. The molecule has 4 aromatic heterocycles. The van der Waals surface area contributed by atoms with Crippen LogP contribution >= 0.6 is 11.3 Å². The Bertz CT molecular complexity index is 1080. The zero-order chi connectivity index (χ0) is 20.5. The van der Waals surface area contributed by atoms with Crippen molar-refractivity contribution in [2.75, 3.05) is 24.6 Å². The monoisotopic (exact) mass is 425 g/mol. The van der Waals surface area contributed by atoms with Crippen molar-refractivity contribution in [1.82, 2.24) is 29.7 Å². The molecular weight excluding hydrogens is 402 g/mol. The molecule has 1 aliphatic rings. The molecule has 156 valence electrons. The number of anilines is 1. The van der Waals surface area contributed by atoms with E-state index in [1.54, 1.807) is 16.9 Å². The molecule has 0 saturated carbocycles. The van der Waals surface area contributed by atoms with Crippen LogP contribution in [0.1, 0.15) is 38.4 Å². The third-order valence-electron chi connectivity index (χ3n) is 5.28. The largest absolute Gasteiger partial charge is 0.469 e. The molecule has 0 atom stereocenters. The first-order chi connectivity index (χ1) is 14.7. The number of hydrogen-bond acceptors (Lipinski definition) is 9. The van der Waals surface area contributed by atoms with Crippen LogP contribution in [0.15, 0.2) is 35.2 Å². The van der Waals surface area contributed by atoms with Crippen LogP contribution < -0.4 is 9.64 Å². The van der Waals surface area contributed by atoms with Crippen LogP contribution in [0.4, 0.5) is 6.01 Å². The van der Waals surface area contributed by atoms with Crippen LogP contribution in [0.25, 0.3) is 16.2 Å². The van der Waals surface area contributed by atoms with Crippen molar-refractivity contribution in [2.45, 2.75) is 32.6 Å². The maximum atomic E-state index is 5.98. The summed E-state index contributed by atoms with van der Waals surface area (Å²) in [6.07, 6.45) is 7.49. The van der Waals surface area contributed by atoms with E-state index in [9.17, 15) is 0 Å². The number of nitrogens with zero attached hydrogens (tertiary/aromatic N) is 7. The van der Waals surface area contributed by atoms with Gasteiger partial charge in [0.15, 0.2) is 5.82 Å². The molecular formula is C20H23N7O2S. The van der Waals surface area contributed by atoms with E-state index in [1.807, 2.05) is 18.3 Å². The predicted octanol–water partition coefficient (Wildman–Crippen LogP) is 3.65. The Morgan fingerprint density at radius 1 is 1.20 bits per heavy atom. The fourth-order valence-electron chi connectivity index (χ4n) is 3.47. The van der Waals surface area contributed by atoms with E-state index < -0.39 is 0 Å². The molecule has 10 heteroatoms. The zero-order valence-corrected chi connectivity index (χ0v) is 17.7. The summed E-state index contributed by atoms with van der Waals surface area (Å²) in [5, 5.41) is 9.23. The molecule has 0 amide bonds. The van der Waals surface area contributed by atoms with Crippen molar-refractivity contribution >= 4 is 22.3 Å². The number of piperidine rings is 1. The van der Waals surface area contributed by atoms with E-state index in [2.05, 4.69) is 44.0 Å². The number of aromatic nitrogens is 6. The lowest BCUT2D eigenvalue weighted by Gasteiger charge is -2.30. The van der Waals surface area contributed by atoms with Crippen molar-refractivity contribution in [3.05, 3.63) is 36.5 Å². The second kappa shape index (κ2) is 8.02. The molecule has 0 unspecified atom stereocenters. The SMILES string of the molecule is CC(C)c1noc(N2CCC(COc3nn4cc(-c5ccncc5)nc4s3)CC2)n1. The van der Waals surface area contributed by atoms with Gasteiger partial charge >= 0.3 is 6.01 Å². The molecule has 0 radical (unpaired) electrons. The molecule has 4 aromatic rings. The van der Waals surface area contributed by atoms with Crippen molar-refractivity contribution in [1.29, 1.82) is 0 Å². The van der Waals surface area contributed by atoms with E-state index in [0.29, 0.717) is 23.7 Å². The summed E-state index contributed by atoms with van der Waals surface area (Å²) in [5.74, 6) is 1.52. The molecule has 0 aliphatic carbocycles. The second-order valence-corrected chi connectivity index (χ2v) is 8.71. The Hall–Kier alpha value is -3.01. The van der Waals surface area contributed by atoms with E-state index >= 15 is 0 Å². The number of ether oxygens (including phenoxy) is 1. The van der Waals surface area contributed by atoms with Crippen LogP contribution in [0.5, 0.6) is 5.19 Å². The molecule has 1 saturated heterocycles. The lowest BCUT2D eigenvalue weighted by Crippen LogP contribution is -2.35. The van der Waals surface area contributed by atoms with Gasteiger partial charge in [-0.25, -0.2) is 9.50 Å². The van der Waals surface area contributed by atoms with Gasteiger partial charge < -0.3 is 14.2 Å². The summed E-state index contributed by atoms with van der Waals surface area (Å²) in [7, 11) is 0. The maximum absolute atomic E-state index is 5.98. The van der Waals surface area contributed by atoms with E-state index in [-0.39, 0.29) is 5.92 Å². The highest BCUT2D eigenvalue weighted by Gasteiger charge is 2.24. The smallest absolute Gasteiger partial charge is 0.324 e. The lowest BCUT2D eigenvalue weighted by atomic mass is 9.98. The molecule has 9 nitrogen and oxygen atoms in total. The molecule has 0 spiro atoms. The van der Waals surface area contributed by atoms with Gasteiger partial charge in [0, 0.05) is 37.0 Å². The maximum Gasteiger partial charge on any atom is 0.324 e. The number of rotatable bonds is 6. The molecule has 0 N–H and O–H groups in total. The van der Waals surface area contributed by atoms with E-state index in [0.717, 1.165) is 48.0 Å². The van der Waals surface area contributed by atoms with Gasteiger partial charge in [-0.3, -0.25) is 4.98 Å². The van der Waals surface area contributed by atoms with Gasteiger partial charge in [0.25, 0.3) is 5.19 Å². The minimum Gasteiger partial charge on any atom is -0.469 e. The minimum absolute atomic E-state index is 0.272. The van der Waals surface area contributed by atoms with Gasteiger partial charge in [0.1, 0.15) is 0 Å². The molecule has 30 heavy (non-hydrogen) atoms. The van der Waals surface area contributed by atoms with Crippen LogP contribution in [0.3, 0.4) is 0 Å². The summed E-state index contributed by atoms with van der Waals surface area (Å²) >= 11 is 1.46. The fourth-order valence-corrected chi connectivity index (χ4v) is 4.21. The summed E-state index contributed by atoms with van der Waals surface area (Å²) in [6, 6.07) is 4.51. The Kier molecular flexibility index (Phi) is 5.07. The number of imidazole rings is 1. The number of pyridine rings is 1. The van der Waals surface area contributed by atoms with E-state index in [4.69, 9.17) is 9.26 Å². The predicted molar refractivity (Wildman–Crippen MR) is 113 cm³/mol. The molecule has 0 aromatic carbocycles. The topological polar surface area (TPSA) is 94.5 Å². The number of hydrogen-bond donors (Lipinski definition) is 0. The average Bonchev–Trinajstić information content (AvgIpc) is 3.48. The highest BCUT2D eigenvalue weighted by Crippen LogP contribution is 2.28. The average molecular weight is 426 g/mol. The first kappa shape index (κ1) is 19.0. The van der Waals surface area contributed by atoms with Gasteiger partial charge in [0.05, 0.1) is 18.5 Å². The quantitative estimate of drug-likeness (QED) is 0.462. The first-order valence-electron chi connectivity index (χ1n) is 10.1. The van der Waals surface area contributed by atoms with Gasteiger partial charge in [-0.15, -0.1) is 5.10 Å². The van der Waals surface area contributed by atoms with Crippen LogP contribution in [-0.4, -0.2) is 49.4 Å². The summed E-state index contributed by atoms with van der Waals surface area (Å²) in [6.45, 7) is 6.57. The summed E-state index contributed by atoms with van der Waals surface area (Å²) < 4.78 is 13.2. The first-order valence-corrected chi connectivity index (χ1v) is 11.0. The highest BCUT2D eigenvalue weighted by molar-refractivity contribution is 7.18. The fraction of sp³-hybridized carbons (Fsp3) is 0.450. The standard InChI is InChI=1S/C20H23N7O2S/c1-13(2)17-23-18(29-25-17)26-9-5-14(6-10-26)12-28-20-24-27-11-16(22-19(27)30-20)15-3-7-21-8-4-15/h3-4,7-8,11,13-14H,5-6,9-10,12H2,1-2H3. The molecule has 5 rings (SSSR count). The Morgan fingerprint density at radius 2 is 2.00 bits per heavy atom. The highest BCUT2D eigenvalue weighted by atomic mass is 32.1. The normalized spacial score (nSPS) is 15.4. The van der Waals surface area contributed by atoms with Crippen LogP contribution in [0.2, 0.25) is 0 Å². The third kappa shape index (κ3) is 3.87. The Labute approximate surface area is 177 Å². The summed E-state index contributed by atoms with van der Waals surface area (Å²) in [5.41, 5.74) is 1.91. The van der Waals surface area contributed by atoms with Crippen molar-refractivity contribution < 1.29 is 9.26 Å². The summed E-state index contributed by atoms with van der Waals surface area (Å²) in [4.78, 5) is 16.2. The van der Waals surface area contributed by atoms with Gasteiger partial charge in [-0.1, -0.05) is 19.0 Å². The van der Waals surface area contributed by atoms with Crippen molar-refractivity contribution in [3.63, 3.8) is 0 Å². The number of fused-ring (bicyclic) bond motifs is 1. The Balaban J connectivity index is 1.15. The van der Waals surface area contributed by atoms with Crippen molar-refractivity contribution in [3.8, 4) is 16.5 Å². The van der Waals surface area contributed by atoms with Gasteiger partial charge in [0.2, 0.25) is 4.96 Å². The Morgan fingerprint density at radius 3 is 2.70 bits per heavy atom. The molecule has 1 fully saturated rings. The molecule has 0 bridgehead atoms. The molecule has 1 aliphatic heterocycles. The third-order valence-corrected chi connectivity index (χ3v) is 6.11. The van der Waals surface area contributed by atoms with Crippen LogP contribution in [-0.2, 0) is 0 Å². The van der Waals surface area contributed by atoms with Crippen LogP contribution in [0, 0.1) is 5.92 Å².